The van der Waals surface area contributed by atoms with Gasteiger partial charge in [-0.15, -0.1) is 0 Å². The van der Waals surface area contributed by atoms with Gasteiger partial charge in [0.15, 0.2) is 6.29 Å². The number of benzene rings is 1. The third-order valence-electron chi connectivity index (χ3n) is 1.87. The normalized spacial score (nSPS) is 9.93. The van der Waals surface area contributed by atoms with Gasteiger partial charge in [0.1, 0.15) is 5.75 Å². The molecule has 4 heteroatoms. The number of aryl methyl sites for hydroxylation is 1. The van der Waals surface area contributed by atoms with Crippen molar-refractivity contribution in [2.75, 3.05) is 0 Å². The second-order valence-electron chi connectivity index (χ2n) is 2.96. The molecule has 15 heavy (non-hydrogen) atoms. The van der Waals surface area contributed by atoms with Crippen LogP contribution in [0.4, 0.5) is 0 Å². The van der Waals surface area contributed by atoms with E-state index in [1.807, 2.05) is 30.3 Å². The number of thiazole rings is 1. The van der Waals surface area contributed by atoms with Crippen molar-refractivity contribution in [3.63, 3.8) is 0 Å². The van der Waals surface area contributed by atoms with Crippen molar-refractivity contribution in [1.29, 1.82) is 0 Å². The summed E-state index contributed by atoms with van der Waals surface area (Å²) in [5.74, 6) is 0.726. The second-order valence-corrected chi connectivity index (χ2v) is 3.96. The van der Waals surface area contributed by atoms with Crippen LogP contribution in [-0.2, 0) is 0 Å². The molecule has 0 aliphatic carbocycles. The summed E-state index contributed by atoms with van der Waals surface area (Å²) in [5, 5.41) is 0.501. The topological polar surface area (TPSA) is 39.2 Å². The molecular formula is C11H9NO2S. The molecule has 0 N–H and O–H groups in total. The lowest BCUT2D eigenvalue weighted by atomic mass is 10.3. The van der Waals surface area contributed by atoms with Crippen LogP contribution in [0.15, 0.2) is 30.3 Å². The van der Waals surface area contributed by atoms with Gasteiger partial charge in [0.05, 0.1) is 10.6 Å². The van der Waals surface area contributed by atoms with Gasteiger partial charge in [0, 0.05) is 0 Å². The zero-order valence-corrected chi connectivity index (χ0v) is 8.95. The highest BCUT2D eigenvalue weighted by molar-refractivity contribution is 7.15. The van der Waals surface area contributed by atoms with E-state index in [2.05, 4.69) is 4.98 Å². The van der Waals surface area contributed by atoms with Crippen LogP contribution in [-0.4, -0.2) is 11.3 Å². The van der Waals surface area contributed by atoms with Crippen LogP contribution in [0.1, 0.15) is 15.4 Å². The first-order valence-electron chi connectivity index (χ1n) is 4.45. The average Bonchev–Trinajstić information content (AvgIpc) is 2.60. The van der Waals surface area contributed by atoms with Gasteiger partial charge in [-0.25, -0.2) is 4.98 Å². The van der Waals surface area contributed by atoms with Gasteiger partial charge >= 0.3 is 0 Å². The molecule has 0 aliphatic heterocycles. The molecule has 1 heterocycles. The molecule has 3 nitrogen and oxygen atoms in total. The number of para-hydroxylation sites is 1. The monoisotopic (exact) mass is 219 g/mol. The summed E-state index contributed by atoms with van der Waals surface area (Å²) in [6.45, 7) is 1.79. The Labute approximate surface area is 91.4 Å². The number of aromatic nitrogens is 1. The Bertz CT molecular complexity index is 465. The number of hydrogen-bond acceptors (Lipinski definition) is 4. The highest BCUT2D eigenvalue weighted by Crippen LogP contribution is 2.27. The SMILES string of the molecule is Cc1nc(Oc2ccccc2)sc1C=O. The number of nitrogens with zero attached hydrogens (tertiary/aromatic N) is 1. The van der Waals surface area contributed by atoms with E-state index >= 15 is 0 Å². The quantitative estimate of drug-likeness (QED) is 0.745. The summed E-state index contributed by atoms with van der Waals surface area (Å²) in [5.41, 5.74) is 0.709. The van der Waals surface area contributed by atoms with E-state index in [0.717, 1.165) is 12.0 Å². The predicted molar refractivity (Wildman–Crippen MR) is 58.8 cm³/mol. The number of carbonyl (C=O) groups is 1. The van der Waals surface area contributed by atoms with E-state index < -0.39 is 0 Å². The summed E-state index contributed by atoms with van der Waals surface area (Å²) in [6.07, 6.45) is 0.796. The van der Waals surface area contributed by atoms with Crippen molar-refractivity contribution >= 4 is 17.6 Å². The van der Waals surface area contributed by atoms with Crippen molar-refractivity contribution < 1.29 is 9.53 Å². The Morgan fingerprint density at radius 2 is 2.07 bits per heavy atom. The summed E-state index contributed by atoms with van der Waals surface area (Å²) in [4.78, 5) is 15.4. The minimum absolute atomic E-state index is 0.501. The van der Waals surface area contributed by atoms with E-state index in [1.54, 1.807) is 6.92 Å². The molecular weight excluding hydrogens is 210 g/mol. The number of hydrogen-bond donors (Lipinski definition) is 0. The fraction of sp³-hybridized carbons (Fsp3) is 0.0909. The minimum atomic E-state index is 0.501. The zero-order chi connectivity index (χ0) is 10.7. The van der Waals surface area contributed by atoms with Crippen LogP contribution in [0.2, 0.25) is 0 Å². The third kappa shape index (κ3) is 2.22. The summed E-state index contributed by atoms with van der Waals surface area (Å²) in [6, 6.07) is 9.37. The maximum absolute atomic E-state index is 10.6. The van der Waals surface area contributed by atoms with Crippen molar-refractivity contribution in [2.45, 2.75) is 6.92 Å². The van der Waals surface area contributed by atoms with Crippen LogP contribution in [0.3, 0.4) is 0 Å². The van der Waals surface area contributed by atoms with Crippen LogP contribution in [0, 0.1) is 6.92 Å². The van der Waals surface area contributed by atoms with Crippen molar-refractivity contribution in [3.05, 3.63) is 40.9 Å². The molecule has 2 aromatic rings. The van der Waals surface area contributed by atoms with E-state index in [4.69, 9.17) is 4.74 Å². The molecule has 2 rings (SSSR count). The second kappa shape index (κ2) is 4.23. The van der Waals surface area contributed by atoms with Crippen LogP contribution < -0.4 is 4.74 Å². The molecule has 0 unspecified atom stereocenters. The Kier molecular flexibility index (Phi) is 2.78. The standard InChI is InChI=1S/C11H9NO2S/c1-8-10(7-13)15-11(12-8)14-9-5-3-2-4-6-9/h2-7H,1H3. The molecule has 0 radical (unpaired) electrons. The van der Waals surface area contributed by atoms with Gasteiger partial charge in [0.25, 0.3) is 5.19 Å². The van der Waals surface area contributed by atoms with Gasteiger partial charge in [-0.1, -0.05) is 29.5 Å². The number of carbonyl (C=O) groups excluding carboxylic acids is 1. The van der Waals surface area contributed by atoms with Crippen LogP contribution >= 0.6 is 11.3 Å². The maximum Gasteiger partial charge on any atom is 0.279 e. The maximum atomic E-state index is 10.6. The number of ether oxygens (including phenoxy) is 1. The van der Waals surface area contributed by atoms with Gasteiger partial charge in [-0.3, -0.25) is 4.79 Å². The highest BCUT2D eigenvalue weighted by Gasteiger charge is 2.07. The smallest absolute Gasteiger partial charge is 0.279 e. The fourth-order valence-electron chi connectivity index (χ4n) is 1.13. The largest absolute Gasteiger partial charge is 0.431 e. The third-order valence-corrected chi connectivity index (χ3v) is 2.83. The molecule has 0 atom stereocenters. The summed E-state index contributed by atoms with van der Waals surface area (Å²) in [7, 11) is 0. The van der Waals surface area contributed by atoms with Crippen molar-refractivity contribution in [2.24, 2.45) is 0 Å². The Hall–Kier alpha value is -1.68. The molecule has 0 saturated carbocycles. The highest BCUT2D eigenvalue weighted by atomic mass is 32.1. The van der Waals surface area contributed by atoms with Crippen LogP contribution in [0.25, 0.3) is 0 Å². The lowest BCUT2D eigenvalue weighted by Crippen LogP contribution is -1.82. The van der Waals surface area contributed by atoms with E-state index in [9.17, 15) is 4.79 Å². The van der Waals surface area contributed by atoms with E-state index in [1.165, 1.54) is 11.3 Å². The number of aldehydes is 1. The molecule has 1 aromatic carbocycles. The molecule has 0 amide bonds. The number of rotatable bonds is 3. The van der Waals surface area contributed by atoms with E-state index in [-0.39, 0.29) is 0 Å². The van der Waals surface area contributed by atoms with Gasteiger partial charge < -0.3 is 4.74 Å². The van der Waals surface area contributed by atoms with E-state index in [0.29, 0.717) is 15.8 Å². The van der Waals surface area contributed by atoms with Gasteiger partial charge in [0.2, 0.25) is 0 Å². The minimum Gasteiger partial charge on any atom is -0.431 e. The fourth-order valence-corrected chi connectivity index (χ4v) is 1.88. The lowest BCUT2D eigenvalue weighted by molar-refractivity contribution is 0.112. The van der Waals surface area contributed by atoms with Crippen LogP contribution in [0.5, 0.6) is 10.9 Å². The molecule has 1 aromatic heterocycles. The lowest BCUT2D eigenvalue weighted by Gasteiger charge is -1.99. The molecule has 76 valence electrons. The Morgan fingerprint density at radius 1 is 1.33 bits per heavy atom. The Balaban J connectivity index is 2.21. The van der Waals surface area contributed by atoms with Gasteiger partial charge in [-0.05, 0) is 19.1 Å². The van der Waals surface area contributed by atoms with Crippen molar-refractivity contribution in [3.8, 4) is 10.9 Å². The predicted octanol–water partition coefficient (Wildman–Crippen LogP) is 3.06. The molecule has 0 saturated heterocycles. The molecule has 0 bridgehead atoms. The van der Waals surface area contributed by atoms with Crippen molar-refractivity contribution in [1.82, 2.24) is 4.98 Å². The first-order chi connectivity index (χ1) is 7.29. The summed E-state index contributed by atoms with van der Waals surface area (Å²) >= 11 is 1.25. The van der Waals surface area contributed by atoms with Gasteiger partial charge in [-0.2, -0.15) is 0 Å². The summed E-state index contributed by atoms with van der Waals surface area (Å²) < 4.78 is 5.49. The molecule has 0 aliphatic rings. The average molecular weight is 219 g/mol. The molecule has 0 spiro atoms. The first kappa shape index (κ1) is 9.86. The Morgan fingerprint density at radius 3 is 2.67 bits per heavy atom. The first-order valence-corrected chi connectivity index (χ1v) is 5.27. The zero-order valence-electron chi connectivity index (χ0n) is 8.14. The molecule has 0 fully saturated rings.